The summed E-state index contributed by atoms with van der Waals surface area (Å²) in [5.74, 6) is 1.70. The van der Waals surface area contributed by atoms with Crippen LogP contribution in [0.3, 0.4) is 0 Å². The molecule has 0 amide bonds. The molecule has 1 fully saturated rings. The van der Waals surface area contributed by atoms with Crippen molar-refractivity contribution in [3.63, 3.8) is 0 Å². The molecule has 2 atom stereocenters. The number of halogens is 1. The monoisotopic (exact) mass is 392 g/mol. The number of hydrogen-bond donors (Lipinski definition) is 0. The van der Waals surface area contributed by atoms with Crippen LogP contribution in [0.15, 0.2) is 40.9 Å². The predicted molar refractivity (Wildman–Crippen MR) is 92.2 cm³/mol. The van der Waals surface area contributed by atoms with E-state index >= 15 is 0 Å². The number of Topliss-reactive ketones (excluding diaryl/α,β-unsaturated/α-hetero) is 1. The largest absolute Gasteiger partial charge is 0.497 e. The summed E-state index contributed by atoms with van der Waals surface area (Å²) in [5.41, 5.74) is 1.42. The zero-order chi connectivity index (χ0) is 17.3. The summed E-state index contributed by atoms with van der Waals surface area (Å²) < 4.78 is 22.0. The first-order chi connectivity index (χ1) is 11.6. The van der Waals surface area contributed by atoms with Gasteiger partial charge in [0.1, 0.15) is 11.9 Å². The quantitative estimate of drug-likeness (QED) is 0.552. The van der Waals surface area contributed by atoms with Crippen LogP contribution in [0.5, 0.6) is 17.2 Å². The van der Waals surface area contributed by atoms with Crippen LogP contribution in [0.4, 0.5) is 0 Å². The number of hydrogen-bond acceptors (Lipinski definition) is 5. The van der Waals surface area contributed by atoms with E-state index in [0.717, 1.165) is 11.3 Å². The lowest BCUT2D eigenvalue weighted by atomic mass is 10.0. The highest BCUT2D eigenvalue weighted by molar-refractivity contribution is 9.10. The number of ketones is 1. The third kappa shape index (κ3) is 3.12. The minimum absolute atomic E-state index is 0.101. The predicted octanol–water partition coefficient (Wildman–Crippen LogP) is 3.80. The fourth-order valence-corrected chi connectivity index (χ4v) is 3.10. The van der Waals surface area contributed by atoms with Crippen LogP contribution in [0.2, 0.25) is 0 Å². The SMILES string of the molecule is COc1cccc([C@H]2O[C@H]2C(=O)c2cc(OC)c(OC)cc2Br)c1. The fraction of sp³-hybridized carbons (Fsp3) is 0.278. The fourth-order valence-electron chi connectivity index (χ4n) is 2.58. The van der Waals surface area contributed by atoms with Crippen LogP contribution in [0.25, 0.3) is 0 Å². The van der Waals surface area contributed by atoms with Gasteiger partial charge in [-0.05, 0) is 45.8 Å². The van der Waals surface area contributed by atoms with Crippen molar-refractivity contribution in [2.75, 3.05) is 21.3 Å². The average molecular weight is 393 g/mol. The van der Waals surface area contributed by atoms with Gasteiger partial charge in [0, 0.05) is 10.0 Å². The lowest BCUT2D eigenvalue weighted by molar-refractivity contribution is 0.0952. The smallest absolute Gasteiger partial charge is 0.195 e. The van der Waals surface area contributed by atoms with E-state index in [-0.39, 0.29) is 11.9 Å². The van der Waals surface area contributed by atoms with Gasteiger partial charge in [-0.2, -0.15) is 0 Å². The normalized spacial score (nSPS) is 18.8. The molecular formula is C18H17BrO5. The summed E-state index contributed by atoms with van der Waals surface area (Å²) in [7, 11) is 4.69. The van der Waals surface area contributed by atoms with Crippen LogP contribution >= 0.6 is 15.9 Å². The van der Waals surface area contributed by atoms with E-state index in [4.69, 9.17) is 18.9 Å². The van der Waals surface area contributed by atoms with Crippen LogP contribution in [-0.2, 0) is 4.74 Å². The molecular weight excluding hydrogens is 376 g/mol. The Bertz CT molecular complexity index is 774. The molecule has 0 aliphatic carbocycles. The highest BCUT2D eigenvalue weighted by Crippen LogP contribution is 2.43. The molecule has 24 heavy (non-hydrogen) atoms. The van der Waals surface area contributed by atoms with E-state index in [9.17, 15) is 4.79 Å². The van der Waals surface area contributed by atoms with E-state index in [1.165, 1.54) is 7.11 Å². The van der Waals surface area contributed by atoms with Gasteiger partial charge in [-0.3, -0.25) is 4.79 Å². The molecule has 0 unspecified atom stereocenters. The Hall–Kier alpha value is -2.05. The lowest BCUT2D eigenvalue weighted by Gasteiger charge is -2.10. The summed E-state index contributed by atoms with van der Waals surface area (Å²) in [6, 6.07) is 10.9. The van der Waals surface area contributed by atoms with E-state index in [0.29, 0.717) is 21.5 Å². The maximum atomic E-state index is 12.8. The molecule has 0 spiro atoms. The number of methoxy groups -OCH3 is 3. The van der Waals surface area contributed by atoms with Crippen molar-refractivity contribution >= 4 is 21.7 Å². The van der Waals surface area contributed by atoms with Gasteiger partial charge in [-0.1, -0.05) is 12.1 Å². The van der Waals surface area contributed by atoms with Gasteiger partial charge in [0.05, 0.1) is 21.3 Å². The van der Waals surface area contributed by atoms with E-state index < -0.39 is 6.10 Å². The summed E-state index contributed by atoms with van der Waals surface area (Å²) >= 11 is 3.42. The second-order valence-corrected chi connectivity index (χ2v) is 6.16. The van der Waals surface area contributed by atoms with Crippen molar-refractivity contribution in [3.05, 3.63) is 52.0 Å². The van der Waals surface area contributed by atoms with E-state index in [2.05, 4.69) is 15.9 Å². The van der Waals surface area contributed by atoms with Crippen LogP contribution in [-0.4, -0.2) is 33.2 Å². The molecule has 0 aromatic heterocycles. The number of carbonyl (C=O) groups excluding carboxylic acids is 1. The summed E-state index contributed by atoms with van der Waals surface area (Å²) in [4.78, 5) is 12.8. The molecule has 126 valence electrons. The van der Waals surface area contributed by atoms with Gasteiger partial charge in [-0.25, -0.2) is 0 Å². The molecule has 0 radical (unpaired) electrons. The third-order valence-electron chi connectivity index (χ3n) is 3.91. The summed E-state index contributed by atoms with van der Waals surface area (Å²) in [6.45, 7) is 0. The Morgan fingerprint density at radius 3 is 2.42 bits per heavy atom. The zero-order valence-corrected chi connectivity index (χ0v) is 15.1. The molecule has 0 bridgehead atoms. The van der Waals surface area contributed by atoms with E-state index in [1.54, 1.807) is 26.4 Å². The van der Waals surface area contributed by atoms with Crippen LogP contribution < -0.4 is 14.2 Å². The molecule has 1 aliphatic heterocycles. The van der Waals surface area contributed by atoms with Crippen molar-refractivity contribution in [2.24, 2.45) is 0 Å². The molecule has 5 nitrogen and oxygen atoms in total. The van der Waals surface area contributed by atoms with Crippen molar-refractivity contribution in [1.82, 2.24) is 0 Å². The molecule has 1 saturated heterocycles. The van der Waals surface area contributed by atoms with Gasteiger partial charge < -0.3 is 18.9 Å². The molecule has 0 saturated carbocycles. The second-order valence-electron chi connectivity index (χ2n) is 5.31. The maximum absolute atomic E-state index is 12.8. The Kier molecular flexibility index (Phi) is 4.78. The van der Waals surface area contributed by atoms with Crippen molar-refractivity contribution in [2.45, 2.75) is 12.2 Å². The minimum atomic E-state index is -0.508. The number of ether oxygens (including phenoxy) is 4. The summed E-state index contributed by atoms with van der Waals surface area (Å²) in [6.07, 6.45) is -0.765. The van der Waals surface area contributed by atoms with Crippen LogP contribution in [0.1, 0.15) is 22.0 Å². The molecule has 6 heteroatoms. The Labute approximate surface area is 148 Å². The van der Waals surface area contributed by atoms with E-state index in [1.807, 2.05) is 24.3 Å². The van der Waals surface area contributed by atoms with Crippen molar-refractivity contribution in [1.29, 1.82) is 0 Å². The maximum Gasteiger partial charge on any atom is 0.195 e. The number of epoxide rings is 1. The van der Waals surface area contributed by atoms with Gasteiger partial charge in [-0.15, -0.1) is 0 Å². The first-order valence-electron chi connectivity index (χ1n) is 7.34. The van der Waals surface area contributed by atoms with Gasteiger partial charge in [0.15, 0.2) is 23.4 Å². The van der Waals surface area contributed by atoms with Crippen molar-refractivity contribution in [3.8, 4) is 17.2 Å². The molecule has 0 N–H and O–H groups in total. The van der Waals surface area contributed by atoms with Crippen molar-refractivity contribution < 1.29 is 23.7 Å². The molecule has 1 aliphatic rings. The highest BCUT2D eigenvalue weighted by Gasteiger charge is 2.47. The Morgan fingerprint density at radius 2 is 1.75 bits per heavy atom. The van der Waals surface area contributed by atoms with Gasteiger partial charge in [0.2, 0.25) is 0 Å². The van der Waals surface area contributed by atoms with Gasteiger partial charge in [0.25, 0.3) is 0 Å². The van der Waals surface area contributed by atoms with Crippen LogP contribution in [0, 0.1) is 0 Å². The highest BCUT2D eigenvalue weighted by atomic mass is 79.9. The number of rotatable bonds is 6. The lowest BCUT2D eigenvalue weighted by Crippen LogP contribution is -2.10. The molecule has 3 rings (SSSR count). The van der Waals surface area contributed by atoms with Gasteiger partial charge >= 0.3 is 0 Å². The minimum Gasteiger partial charge on any atom is -0.497 e. The Morgan fingerprint density at radius 1 is 1.04 bits per heavy atom. The Balaban J connectivity index is 1.83. The summed E-state index contributed by atoms with van der Waals surface area (Å²) in [5, 5.41) is 0. The standard InChI is InChI=1S/C18H17BrO5/c1-21-11-6-4-5-10(7-11)17-18(24-17)16(20)12-8-14(22-2)15(23-3)9-13(12)19/h4-9,17-18H,1-3H3/t17-,18+/m1/s1. The molecule has 1 heterocycles. The third-order valence-corrected chi connectivity index (χ3v) is 4.57. The molecule has 2 aromatic carbocycles. The number of benzene rings is 2. The topological polar surface area (TPSA) is 57.3 Å². The number of carbonyl (C=O) groups is 1. The second kappa shape index (κ2) is 6.83. The molecule has 2 aromatic rings. The first-order valence-corrected chi connectivity index (χ1v) is 8.13. The zero-order valence-electron chi connectivity index (χ0n) is 13.5. The average Bonchev–Trinajstić information content (AvgIpc) is 3.41. The first kappa shape index (κ1) is 16.8.